The fourth-order valence-electron chi connectivity index (χ4n) is 1.93. The minimum Gasteiger partial charge on any atom is -0.342 e. The van der Waals surface area contributed by atoms with Gasteiger partial charge in [-0.2, -0.15) is 5.10 Å². The summed E-state index contributed by atoms with van der Waals surface area (Å²) in [6, 6.07) is 0. The van der Waals surface area contributed by atoms with E-state index in [2.05, 4.69) is 15.1 Å². The average molecular weight is 233 g/mol. The molecular weight excluding hydrogens is 214 g/mol. The second-order valence-corrected chi connectivity index (χ2v) is 4.29. The van der Waals surface area contributed by atoms with Crippen molar-refractivity contribution < 1.29 is 0 Å². The van der Waals surface area contributed by atoms with E-state index in [4.69, 9.17) is 5.73 Å². The molecule has 0 atom stereocenters. The Bertz CT molecular complexity index is 483. The molecule has 0 aromatic carbocycles. The molecule has 0 fully saturated rings. The second-order valence-electron chi connectivity index (χ2n) is 4.29. The maximum Gasteiger partial charge on any atom is 0.106 e. The van der Waals surface area contributed by atoms with Crippen LogP contribution in [0.15, 0.2) is 12.4 Å². The van der Waals surface area contributed by atoms with Crippen LogP contribution < -0.4 is 5.73 Å². The molecule has 2 rings (SSSR count). The average Bonchev–Trinajstić information content (AvgIpc) is 2.86. The molecule has 0 aliphatic heterocycles. The lowest BCUT2D eigenvalue weighted by Crippen LogP contribution is -1.99. The standard InChI is InChI=1S/C12H19N5/c1-9-10(8-17(2)16-9)11-7-14-12(15-11)5-3-4-6-13/h7-8H,3-6,13H2,1-2H3,(H,14,15). The number of hydrogen-bond acceptors (Lipinski definition) is 3. The van der Waals surface area contributed by atoms with Gasteiger partial charge in [0, 0.05) is 25.2 Å². The number of aromatic amines is 1. The Morgan fingerprint density at radius 3 is 2.88 bits per heavy atom. The van der Waals surface area contributed by atoms with Gasteiger partial charge in [0.15, 0.2) is 0 Å². The molecule has 2 heterocycles. The number of rotatable bonds is 5. The van der Waals surface area contributed by atoms with Crippen LogP contribution in [0.5, 0.6) is 0 Å². The molecule has 0 amide bonds. The van der Waals surface area contributed by atoms with Crippen LogP contribution in [0.3, 0.4) is 0 Å². The van der Waals surface area contributed by atoms with Gasteiger partial charge in [-0.25, -0.2) is 4.98 Å². The molecule has 2 aromatic rings. The maximum atomic E-state index is 5.47. The SMILES string of the molecule is Cc1nn(C)cc1-c1cnc(CCCCN)[nH]1. The van der Waals surface area contributed by atoms with Crippen molar-refractivity contribution >= 4 is 0 Å². The van der Waals surface area contributed by atoms with Gasteiger partial charge in [-0.15, -0.1) is 0 Å². The van der Waals surface area contributed by atoms with Crippen molar-refractivity contribution in [2.24, 2.45) is 12.8 Å². The highest BCUT2D eigenvalue weighted by molar-refractivity contribution is 5.60. The van der Waals surface area contributed by atoms with Gasteiger partial charge in [0.1, 0.15) is 5.82 Å². The minimum absolute atomic E-state index is 0.745. The zero-order valence-corrected chi connectivity index (χ0v) is 10.4. The Morgan fingerprint density at radius 1 is 1.41 bits per heavy atom. The molecule has 5 heteroatoms. The van der Waals surface area contributed by atoms with Crippen LogP contribution in [0.4, 0.5) is 0 Å². The summed E-state index contributed by atoms with van der Waals surface area (Å²) in [6.45, 7) is 2.75. The van der Waals surface area contributed by atoms with Crippen LogP contribution in [-0.4, -0.2) is 26.3 Å². The number of nitrogens with one attached hydrogen (secondary N) is 1. The van der Waals surface area contributed by atoms with Crippen molar-refractivity contribution in [2.45, 2.75) is 26.2 Å². The molecule has 0 bridgehead atoms. The first-order valence-corrected chi connectivity index (χ1v) is 5.95. The van der Waals surface area contributed by atoms with Crippen LogP contribution in [0.2, 0.25) is 0 Å². The zero-order valence-electron chi connectivity index (χ0n) is 10.4. The van der Waals surface area contributed by atoms with Crippen LogP contribution in [0, 0.1) is 6.92 Å². The molecule has 3 N–H and O–H groups in total. The predicted molar refractivity (Wildman–Crippen MR) is 67.5 cm³/mol. The van der Waals surface area contributed by atoms with E-state index in [1.54, 1.807) is 0 Å². The lowest BCUT2D eigenvalue weighted by Gasteiger charge is -1.96. The first kappa shape index (κ1) is 11.9. The molecule has 2 aromatic heterocycles. The van der Waals surface area contributed by atoms with Gasteiger partial charge in [0.2, 0.25) is 0 Å². The molecular formula is C12H19N5. The molecule has 0 aliphatic rings. The smallest absolute Gasteiger partial charge is 0.106 e. The van der Waals surface area contributed by atoms with Crippen LogP contribution in [0.1, 0.15) is 24.4 Å². The largest absolute Gasteiger partial charge is 0.342 e. The van der Waals surface area contributed by atoms with E-state index in [1.807, 2.05) is 31.0 Å². The fourth-order valence-corrected chi connectivity index (χ4v) is 1.93. The Morgan fingerprint density at radius 2 is 2.24 bits per heavy atom. The van der Waals surface area contributed by atoms with Crippen LogP contribution in [-0.2, 0) is 13.5 Å². The summed E-state index contributed by atoms with van der Waals surface area (Å²) in [4.78, 5) is 7.72. The van der Waals surface area contributed by atoms with Crippen molar-refractivity contribution in [3.05, 3.63) is 23.9 Å². The molecule has 0 radical (unpaired) electrons. The fraction of sp³-hybridized carbons (Fsp3) is 0.500. The summed E-state index contributed by atoms with van der Waals surface area (Å²) >= 11 is 0. The number of aromatic nitrogens is 4. The lowest BCUT2D eigenvalue weighted by molar-refractivity contribution is 0.723. The first-order chi connectivity index (χ1) is 8.20. The third-order valence-electron chi connectivity index (χ3n) is 2.80. The van der Waals surface area contributed by atoms with Crippen LogP contribution in [0.25, 0.3) is 11.3 Å². The summed E-state index contributed by atoms with van der Waals surface area (Å²) in [5.74, 6) is 1.02. The van der Waals surface area contributed by atoms with Crippen LogP contribution >= 0.6 is 0 Å². The summed E-state index contributed by atoms with van der Waals surface area (Å²) in [7, 11) is 1.93. The number of imidazole rings is 1. The van der Waals surface area contributed by atoms with E-state index < -0.39 is 0 Å². The summed E-state index contributed by atoms with van der Waals surface area (Å²) in [5, 5.41) is 4.32. The third-order valence-corrected chi connectivity index (χ3v) is 2.80. The van der Waals surface area contributed by atoms with E-state index in [-0.39, 0.29) is 0 Å². The second kappa shape index (κ2) is 5.14. The molecule has 5 nitrogen and oxygen atoms in total. The number of H-pyrrole nitrogens is 1. The predicted octanol–water partition coefficient (Wildman–Crippen LogP) is 1.40. The van der Waals surface area contributed by atoms with E-state index in [0.29, 0.717) is 0 Å². The molecule has 0 saturated heterocycles. The highest BCUT2D eigenvalue weighted by Crippen LogP contribution is 2.20. The molecule has 0 spiro atoms. The Hall–Kier alpha value is -1.62. The molecule has 17 heavy (non-hydrogen) atoms. The lowest BCUT2D eigenvalue weighted by atomic mass is 10.2. The molecule has 0 aliphatic carbocycles. The number of hydrogen-bond donors (Lipinski definition) is 2. The van der Waals surface area contributed by atoms with Gasteiger partial charge in [0.05, 0.1) is 17.6 Å². The van der Waals surface area contributed by atoms with Gasteiger partial charge in [-0.05, 0) is 26.3 Å². The molecule has 0 unspecified atom stereocenters. The van der Waals surface area contributed by atoms with Gasteiger partial charge >= 0.3 is 0 Å². The normalized spacial score (nSPS) is 11.0. The van der Waals surface area contributed by atoms with Crippen molar-refractivity contribution in [3.8, 4) is 11.3 Å². The van der Waals surface area contributed by atoms with Gasteiger partial charge in [-0.1, -0.05) is 0 Å². The Kier molecular flexibility index (Phi) is 3.58. The zero-order chi connectivity index (χ0) is 12.3. The number of nitrogens with two attached hydrogens (primary N) is 1. The maximum absolute atomic E-state index is 5.47. The van der Waals surface area contributed by atoms with E-state index in [1.165, 1.54) is 0 Å². The quantitative estimate of drug-likeness (QED) is 0.767. The van der Waals surface area contributed by atoms with Gasteiger partial charge < -0.3 is 10.7 Å². The Labute approximate surface area is 101 Å². The van der Waals surface area contributed by atoms with Crippen molar-refractivity contribution in [1.29, 1.82) is 0 Å². The summed E-state index contributed by atoms with van der Waals surface area (Å²) in [5.41, 5.74) is 8.64. The van der Waals surface area contributed by atoms with Gasteiger partial charge in [-0.3, -0.25) is 4.68 Å². The Balaban J connectivity index is 2.10. The number of aryl methyl sites for hydroxylation is 3. The van der Waals surface area contributed by atoms with Crippen molar-refractivity contribution in [1.82, 2.24) is 19.7 Å². The van der Waals surface area contributed by atoms with Crippen molar-refractivity contribution in [3.63, 3.8) is 0 Å². The summed E-state index contributed by atoms with van der Waals surface area (Å²) in [6.07, 6.45) is 6.96. The topological polar surface area (TPSA) is 72.5 Å². The van der Waals surface area contributed by atoms with Crippen molar-refractivity contribution in [2.75, 3.05) is 6.54 Å². The summed E-state index contributed by atoms with van der Waals surface area (Å²) < 4.78 is 1.82. The van der Waals surface area contributed by atoms with E-state index in [0.717, 1.165) is 48.6 Å². The highest BCUT2D eigenvalue weighted by atomic mass is 15.2. The van der Waals surface area contributed by atoms with E-state index in [9.17, 15) is 0 Å². The number of nitrogens with zero attached hydrogens (tertiary/aromatic N) is 3. The minimum atomic E-state index is 0.745. The molecule has 92 valence electrons. The first-order valence-electron chi connectivity index (χ1n) is 5.95. The van der Waals surface area contributed by atoms with Gasteiger partial charge in [0.25, 0.3) is 0 Å². The number of unbranched alkanes of at least 4 members (excludes halogenated alkanes) is 1. The highest BCUT2D eigenvalue weighted by Gasteiger charge is 2.08. The molecule has 0 saturated carbocycles. The van der Waals surface area contributed by atoms with E-state index >= 15 is 0 Å². The monoisotopic (exact) mass is 233 g/mol. The third kappa shape index (κ3) is 2.74.